The summed E-state index contributed by atoms with van der Waals surface area (Å²) in [6, 6.07) is 28.1. The average Bonchev–Trinajstić information content (AvgIpc) is 2.86. The molecule has 8 heteroatoms. The Morgan fingerprint density at radius 2 is 1.26 bits per heavy atom. The molecule has 0 radical (unpaired) electrons. The molecular weight excluding hydrogens is 434 g/mol. The van der Waals surface area contributed by atoms with Crippen molar-refractivity contribution in [3.05, 3.63) is 124 Å². The van der Waals surface area contributed by atoms with E-state index in [1.54, 1.807) is 48.5 Å². The summed E-state index contributed by atoms with van der Waals surface area (Å²) < 4.78 is 5.74. The van der Waals surface area contributed by atoms with E-state index in [2.05, 4.69) is 10.6 Å². The maximum atomic E-state index is 12.7. The van der Waals surface area contributed by atoms with E-state index in [1.807, 2.05) is 30.3 Å². The lowest BCUT2D eigenvalue weighted by Crippen LogP contribution is -2.14. The number of rotatable bonds is 7. The topological polar surface area (TPSA) is 111 Å². The van der Waals surface area contributed by atoms with Gasteiger partial charge in [-0.15, -0.1) is 0 Å². The number of carbonyl (C=O) groups excluding carboxylic acids is 2. The van der Waals surface area contributed by atoms with Crippen molar-refractivity contribution >= 4 is 28.9 Å². The molecule has 0 bridgehead atoms. The molecule has 0 aliphatic heterocycles. The molecule has 0 saturated heterocycles. The number of ether oxygens (including phenoxy) is 1. The Morgan fingerprint density at radius 3 is 1.94 bits per heavy atom. The first kappa shape index (κ1) is 22.2. The molecule has 2 N–H and O–H groups in total. The van der Waals surface area contributed by atoms with Gasteiger partial charge in [-0.1, -0.05) is 24.3 Å². The fourth-order valence-electron chi connectivity index (χ4n) is 3.11. The second-order valence-electron chi connectivity index (χ2n) is 7.23. The lowest BCUT2D eigenvalue weighted by Gasteiger charge is -2.10. The zero-order valence-corrected chi connectivity index (χ0v) is 17.8. The normalized spacial score (nSPS) is 10.2. The van der Waals surface area contributed by atoms with Crippen molar-refractivity contribution in [3.63, 3.8) is 0 Å². The minimum Gasteiger partial charge on any atom is -0.457 e. The second kappa shape index (κ2) is 10.1. The summed E-state index contributed by atoms with van der Waals surface area (Å²) in [4.78, 5) is 35.3. The van der Waals surface area contributed by atoms with E-state index < -0.39 is 10.8 Å². The molecule has 168 valence electrons. The minimum absolute atomic E-state index is 0.102. The van der Waals surface area contributed by atoms with Gasteiger partial charge < -0.3 is 15.4 Å². The summed E-state index contributed by atoms with van der Waals surface area (Å²) in [5.41, 5.74) is 1.52. The van der Waals surface area contributed by atoms with E-state index in [4.69, 9.17) is 4.74 Å². The number of benzene rings is 4. The van der Waals surface area contributed by atoms with E-state index in [9.17, 15) is 19.7 Å². The number of carbonyl (C=O) groups is 2. The Kier molecular flexibility index (Phi) is 6.60. The number of nitro benzene ring substituents is 1. The molecule has 0 unspecified atom stereocenters. The Labute approximate surface area is 195 Å². The van der Waals surface area contributed by atoms with Crippen LogP contribution in [0.15, 0.2) is 103 Å². The number of hydrogen-bond donors (Lipinski definition) is 2. The fourth-order valence-corrected chi connectivity index (χ4v) is 3.11. The van der Waals surface area contributed by atoms with Crippen LogP contribution in [0.3, 0.4) is 0 Å². The standard InChI is InChI=1S/C26H19N3O5/c30-25(18-9-13-22(14-10-18)29(32)33)28-21-6-4-5-19(17-21)26(31)27-20-11-15-24(16-12-20)34-23-7-2-1-3-8-23/h1-17H,(H,27,31)(H,28,30). The Morgan fingerprint density at radius 1 is 0.647 bits per heavy atom. The van der Waals surface area contributed by atoms with Crippen molar-refractivity contribution in [1.29, 1.82) is 0 Å². The first-order chi connectivity index (χ1) is 16.5. The summed E-state index contributed by atoms with van der Waals surface area (Å²) in [5.74, 6) is 0.566. The molecule has 0 aliphatic rings. The molecule has 4 rings (SSSR count). The largest absolute Gasteiger partial charge is 0.457 e. The molecule has 0 aromatic heterocycles. The highest BCUT2D eigenvalue weighted by Gasteiger charge is 2.12. The van der Waals surface area contributed by atoms with Crippen LogP contribution in [-0.2, 0) is 0 Å². The van der Waals surface area contributed by atoms with Crippen LogP contribution in [0.4, 0.5) is 17.1 Å². The number of anilines is 2. The third-order valence-electron chi connectivity index (χ3n) is 4.81. The molecule has 0 spiro atoms. The molecule has 2 amide bonds. The van der Waals surface area contributed by atoms with Gasteiger partial charge in [0.1, 0.15) is 11.5 Å². The monoisotopic (exact) mass is 453 g/mol. The number of nitro groups is 1. The van der Waals surface area contributed by atoms with Crippen LogP contribution in [0.1, 0.15) is 20.7 Å². The molecule has 0 heterocycles. The van der Waals surface area contributed by atoms with E-state index in [0.717, 1.165) is 0 Å². The van der Waals surface area contributed by atoms with Crippen molar-refractivity contribution in [1.82, 2.24) is 0 Å². The summed E-state index contributed by atoms with van der Waals surface area (Å²) in [7, 11) is 0. The SMILES string of the molecule is O=C(Nc1cccc(C(=O)Nc2ccc(Oc3ccccc3)cc2)c1)c1ccc([N+](=O)[O-])cc1. The van der Waals surface area contributed by atoms with Crippen molar-refractivity contribution in [2.24, 2.45) is 0 Å². The Balaban J connectivity index is 1.38. The summed E-state index contributed by atoms with van der Waals surface area (Å²) in [6.07, 6.45) is 0. The van der Waals surface area contributed by atoms with Crippen molar-refractivity contribution in [3.8, 4) is 11.5 Å². The number of hydrogen-bond acceptors (Lipinski definition) is 5. The lowest BCUT2D eigenvalue weighted by atomic mass is 10.1. The van der Waals surface area contributed by atoms with E-state index in [-0.39, 0.29) is 17.2 Å². The summed E-state index contributed by atoms with van der Waals surface area (Å²) >= 11 is 0. The Hall–Kier alpha value is -4.98. The molecule has 34 heavy (non-hydrogen) atoms. The molecule has 4 aromatic carbocycles. The first-order valence-corrected chi connectivity index (χ1v) is 10.3. The number of para-hydroxylation sites is 1. The van der Waals surface area contributed by atoms with Gasteiger partial charge in [0.2, 0.25) is 0 Å². The van der Waals surface area contributed by atoms with Gasteiger partial charge >= 0.3 is 0 Å². The highest BCUT2D eigenvalue weighted by Crippen LogP contribution is 2.23. The maximum absolute atomic E-state index is 12.7. The first-order valence-electron chi connectivity index (χ1n) is 10.3. The quantitative estimate of drug-likeness (QED) is 0.268. The zero-order valence-electron chi connectivity index (χ0n) is 17.8. The van der Waals surface area contributed by atoms with Gasteiger partial charge in [-0.25, -0.2) is 0 Å². The van der Waals surface area contributed by atoms with E-state index >= 15 is 0 Å². The minimum atomic E-state index is -0.534. The maximum Gasteiger partial charge on any atom is 0.269 e. The highest BCUT2D eigenvalue weighted by atomic mass is 16.6. The van der Waals surface area contributed by atoms with Crippen molar-refractivity contribution in [2.45, 2.75) is 0 Å². The van der Waals surface area contributed by atoms with E-state index in [1.165, 1.54) is 24.3 Å². The van der Waals surface area contributed by atoms with Gasteiger partial charge in [-0.2, -0.15) is 0 Å². The third-order valence-corrected chi connectivity index (χ3v) is 4.81. The number of nitrogens with one attached hydrogen (secondary N) is 2. The number of amides is 2. The second-order valence-corrected chi connectivity index (χ2v) is 7.23. The lowest BCUT2D eigenvalue weighted by molar-refractivity contribution is -0.384. The van der Waals surface area contributed by atoms with Crippen LogP contribution >= 0.6 is 0 Å². The average molecular weight is 453 g/mol. The predicted molar refractivity (Wildman–Crippen MR) is 128 cm³/mol. The van der Waals surface area contributed by atoms with Crippen LogP contribution in [-0.4, -0.2) is 16.7 Å². The van der Waals surface area contributed by atoms with Gasteiger partial charge in [-0.3, -0.25) is 19.7 Å². The number of non-ortho nitro benzene ring substituents is 1. The molecule has 8 nitrogen and oxygen atoms in total. The van der Waals surface area contributed by atoms with Crippen LogP contribution in [0, 0.1) is 10.1 Å². The van der Waals surface area contributed by atoms with Crippen LogP contribution in [0.5, 0.6) is 11.5 Å². The van der Waals surface area contributed by atoms with E-state index in [0.29, 0.717) is 28.4 Å². The Bertz CT molecular complexity index is 1320. The molecule has 0 aliphatic carbocycles. The van der Waals surface area contributed by atoms with Gasteiger partial charge in [0.15, 0.2) is 0 Å². The van der Waals surface area contributed by atoms with Gasteiger partial charge in [0.05, 0.1) is 4.92 Å². The van der Waals surface area contributed by atoms with Crippen molar-refractivity contribution in [2.75, 3.05) is 10.6 Å². The predicted octanol–water partition coefficient (Wildman–Crippen LogP) is 5.89. The third kappa shape index (κ3) is 5.63. The molecule has 0 fully saturated rings. The van der Waals surface area contributed by atoms with Gasteiger partial charge in [-0.05, 0) is 66.7 Å². The fraction of sp³-hybridized carbons (Fsp3) is 0. The highest BCUT2D eigenvalue weighted by molar-refractivity contribution is 6.07. The van der Waals surface area contributed by atoms with Crippen LogP contribution in [0.25, 0.3) is 0 Å². The van der Waals surface area contributed by atoms with Crippen molar-refractivity contribution < 1.29 is 19.2 Å². The van der Waals surface area contributed by atoms with Gasteiger partial charge in [0, 0.05) is 34.6 Å². The summed E-state index contributed by atoms with van der Waals surface area (Å²) in [6.45, 7) is 0. The van der Waals surface area contributed by atoms with Crippen LogP contribution < -0.4 is 15.4 Å². The van der Waals surface area contributed by atoms with Gasteiger partial charge in [0.25, 0.3) is 17.5 Å². The molecule has 0 saturated carbocycles. The molecule has 0 atom stereocenters. The number of nitrogens with zero attached hydrogens (tertiary/aromatic N) is 1. The summed E-state index contributed by atoms with van der Waals surface area (Å²) in [5, 5.41) is 16.3. The molecule has 4 aromatic rings. The molecular formula is C26H19N3O5. The van der Waals surface area contributed by atoms with Crippen LogP contribution in [0.2, 0.25) is 0 Å². The smallest absolute Gasteiger partial charge is 0.269 e. The zero-order chi connectivity index (χ0) is 23.9.